The molecule has 0 spiro atoms. The summed E-state index contributed by atoms with van der Waals surface area (Å²) in [6.45, 7) is 0.282. The van der Waals surface area contributed by atoms with Crippen molar-refractivity contribution in [1.82, 2.24) is 20.4 Å². The molecular formula is C20H19F3N4O. The number of hydrogen-bond donors (Lipinski definition) is 1. The number of benzene rings is 1. The third kappa shape index (κ3) is 4.06. The van der Waals surface area contributed by atoms with Gasteiger partial charge in [0.05, 0.1) is 12.1 Å². The quantitative estimate of drug-likeness (QED) is 0.658. The van der Waals surface area contributed by atoms with Gasteiger partial charge in [-0.1, -0.05) is 23.7 Å². The number of hydrogen-bond acceptors (Lipinski definition) is 5. The molecule has 1 fully saturated rings. The van der Waals surface area contributed by atoms with Gasteiger partial charge in [-0.2, -0.15) is 18.2 Å². The number of nitrogens with one attached hydrogen (secondary N) is 1. The van der Waals surface area contributed by atoms with E-state index in [2.05, 4.69) is 20.4 Å². The van der Waals surface area contributed by atoms with E-state index in [0.29, 0.717) is 23.2 Å². The van der Waals surface area contributed by atoms with E-state index >= 15 is 0 Å². The maximum Gasteiger partial charge on any atom is 0.416 e. The molecule has 1 atom stereocenters. The molecule has 3 aromatic rings. The van der Waals surface area contributed by atoms with Gasteiger partial charge in [-0.05, 0) is 48.6 Å². The Morgan fingerprint density at radius 2 is 2.04 bits per heavy atom. The Kier molecular flexibility index (Phi) is 5.13. The minimum absolute atomic E-state index is 0.190. The van der Waals surface area contributed by atoms with Gasteiger partial charge < -0.3 is 9.84 Å². The van der Waals surface area contributed by atoms with Gasteiger partial charge in [-0.3, -0.25) is 4.98 Å². The fourth-order valence-electron chi connectivity index (χ4n) is 3.37. The molecule has 1 saturated carbocycles. The summed E-state index contributed by atoms with van der Waals surface area (Å²) in [6.07, 6.45) is 2.00. The van der Waals surface area contributed by atoms with E-state index in [-0.39, 0.29) is 12.6 Å². The van der Waals surface area contributed by atoms with Crippen molar-refractivity contribution < 1.29 is 17.7 Å². The third-order valence-corrected chi connectivity index (χ3v) is 5.06. The fraction of sp³-hybridized carbons (Fsp3) is 0.350. The molecule has 28 heavy (non-hydrogen) atoms. The van der Waals surface area contributed by atoms with Crippen molar-refractivity contribution in [1.29, 1.82) is 0 Å². The number of nitrogens with zero attached hydrogens (tertiary/aromatic N) is 3. The Hall–Kier alpha value is -2.74. The van der Waals surface area contributed by atoms with Crippen LogP contribution in [0.1, 0.15) is 42.3 Å². The van der Waals surface area contributed by atoms with Crippen LogP contribution in [0.15, 0.2) is 53.3 Å². The van der Waals surface area contributed by atoms with Crippen molar-refractivity contribution in [2.45, 2.75) is 38.0 Å². The summed E-state index contributed by atoms with van der Waals surface area (Å²) in [5, 5.41) is 7.27. The second-order valence-corrected chi connectivity index (χ2v) is 6.93. The summed E-state index contributed by atoms with van der Waals surface area (Å²) in [7, 11) is 0. The molecule has 1 aromatic carbocycles. The smallest absolute Gasteiger partial charge is 0.338 e. The lowest BCUT2D eigenvalue weighted by atomic mass is 9.77. The van der Waals surface area contributed by atoms with Gasteiger partial charge in [0.2, 0.25) is 11.7 Å². The topological polar surface area (TPSA) is 63.8 Å². The molecule has 0 amide bonds. The van der Waals surface area contributed by atoms with Gasteiger partial charge in [-0.25, -0.2) is 0 Å². The summed E-state index contributed by atoms with van der Waals surface area (Å²) >= 11 is 0. The summed E-state index contributed by atoms with van der Waals surface area (Å²) in [6, 6.07) is 8.94. The molecule has 2 aromatic heterocycles. The van der Waals surface area contributed by atoms with Gasteiger partial charge in [0, 0.05) is 24.0 Å². The maximum absolute atomic E-state index is 13.1. The van der Waals surface area contributed by atoms with Gasteiger partial charge in [-0.15, -0.1) is 0 Å². The predicted octanol–water partition coefficient (Wildman–Crippen LogP) is 4.78. The number of rotatable bonds is 6. The zero-order valence-electron chi connectivity index (χ0n) is 15.0. The molecule has 1 unspecified atom stereocenters. The summed E-state index contributed by atoms with van der Waals surface area (Å²) in [4.78, 5) is 8.37. The van der Waals surface area contributed by atoms with Crippen molar-refractivity contribution in [3.63, 3.8) is 0 Å². The van der Waals surface area contributed by atoms with Crippen LogP contribution in [-0.2, 0) is 12.7 Å². The average Bonchev–Trinajstić information content (AvgIpc) is 3.13. The highest BCUT2D eigenvalue weighted by Crippen LogP contribution is 2.39. The number of halogens is 3. The lowest BCUT2D eigenvalue weighted by molar-refractivity contribution is -0.137. The Bertz CT molecular complexity index is 922. The van der Waals surface area contributed by atoms with Crippen LogP contribution in [0.5, 0.6) is 0 Å². The first-order chi connectivity index (χ1) is 13.5. The second kappa shape index (κ2) is 7.71. The first-order valence-electron chi connectivity index (χ1n) is 9.14. The van der Waals surface area contributed by atoms with Crippen LogP contribution in [0.4, 0.5) is 13.2 Å². The monoisotopic (exact) mass is 388 g/mol. The minimum atomic E-state index is -4.36. The van der Waals surface area contributed by atoms with E-state index in [1.165, 1.54) is 12.1 Å². The van der Waals surface area contributed by atoms with Crippen molar-refractivity contribution in [2.75, 3.05) is 0 Å². The highest BCUT2D eigenvalue weighted by atomic mass is 19.4. The maximum atomic E-state index is 13.1. The molecule has 0 saturated heterocycles. The first-order valence-corrected chi connectivity index (χ1v) is 9.14. The van der Waals surface area contributed by atoms with Crippen molar-refractivity contribution in [2.24, 2.45) is 5.92 Å². The number of alkyl halides is 3. The zero-order valence-corrected chi connectivity index (χ0v) is 15.0. The number of pyridine rings is 1. The van der Waals surface area contributed by atoms with E-state index in [0.717, 1.165) is 30.9 Å². The Morgan fingerprint density at radius 1 is 1.18 bits per heavy atom. The van der Waals surface area contributed by atoms with Crippen LogP contribution in [0.3, 0.4) is 0 Å². The van der Waals surface area contributed by atoms with Gasteiger partial charge in [0.25, 0.3) is 0 Å². The van der Waals surface area contributed by atoms with Gasteiger partial charge in [0.15, 0.2) is 0 Å². The van der Waals surface area contributed by atoms with Crippen LogP contribution in [0.2, 0.25) is 0 Å². The van der Waals surface area contributed by atoms with Crippen molar-refractivity contribution in [3.8, 4) is 11.4 Å². The standard InChI is InChI=1S/C20H19F3N4O/c21-20(22,23)16-8-2-6-14(10-16)18(13-4-1-5-13)25-12-17-26-19(27-28-17)15-7-3-9-24-11-15/h2-3,6-11,13,18,25H,1,4-5,12H2. The predicted molar refractivity (Wildman–Crippen MR) is 95.9 cm³/mol. The molecule has 1 N–H and O–H groups in total. The molecule has 146 valence electrons. The molecule has 0 radical (unpaired) electrons. The normalized spacial score (nSPS) is 16.0. The van der Waals surface area contributed by atoms with Crippen molar-refractivity contribution in [3.05, 3.63) is 65.8 Å². The molecule has 0 bridgehead atoms. The second-order valence-electron chi connectivity index (χ2n) is 6.93. The Balaban J connectivity index is 1.50. The van der Waals surface area contributed by atoms with E-state index in [9.17, 15) is 13.2 Å². The van der Waals surface area contributed by atoms with E-state index < -0.39 is 11.7 Å². The summed E-state index contributed by atoms with van der Waals surface area (Å²) in [5.41, 5.74) is 0.741. The van der Waals surface area contributed by atoms with Crippen molar-refractivity contribution >= 4 is 0 Å². The van der Waals surface area contributed by atoms with Crippen LogP contribution < -0.4 is 5.32 Å². The van der Waals surface area contributed by atoms with E-state index in [1.54, 1.807) is 24.5 Å². The highest BCUT2D eigenvalue weighted by Gasteiger charge is 2.33. The fourth-order valence-corrected chi connectivity index (χ4v) is 3.37. The van der Waals surface area contributed by atoms with Gasteiger partial charge in [0.1, 0.15) is 0 Å². The van der Waals surface area contributed by atoms with E-state index in [4.69, 9.17) is 4.52 Å². The highest BCUT2D eigenvalue weighted by molar-refractivity contribution is 5.51. The molecule has 2 heterocycles. The molecular weight excluding hydrogens is 369 g/mol. The number of aromatic nitrogens is 3. The van der Waals surface area contributed by atoms with Crippen LogP contribution in [0, 0.1) is 5.92 Å². The van der Waals surface area contributed by atoms with Crippen LogP contribution >= 0.6 is 0 Å². The summed E-state index contributed by atoms with van der Waals surface area (Å²) in [5.74, 6) is 1.11. The molecule has 4 rings (SSSR count). The van der Waals surface area contributed by atoms with E-state index in [1.807, 2.05) is 6.07 Å². The zero-order chi connectivity index (χ0) is 19.6. The summed E-state index contributed by atoms with van der Waals surface area (Å²) < 4.78 is 44.5. The van der Waals surface area contributed by atoms with Gasteiger partial charge >= 0.3 is 6.18 Å². The molecule has 1 aliphatic rings. The minimum Gasteiger partial charge on any atom is -0.338 e. The molecule has 1 aliphatic carbocycles. The largest absolute Gasteiger partial charge is 0.416 e. The Morgan fingerprint density at radius 3 is 2.71 bits per heavy atom. The third-order valence-electron chi connectivity index (χ3n) is 5.06. The molecule has 8 heteroatoms. The average molecular weight is 388 g/mol. The van der Waals surface area contributed by atoms with Crippen LogP contribution in [-0.4, -0.2) is 15.1 Å². The lowest BCUT2D eigenvalue weighted by Gasteiger charge is -2.34. The SMILES string of the molecule is FC(F)(F)c1cccc(C(NCc2nc(-c3cccnc3)no2)C2CCC2)c1. The molecule has 0 aliphatic heterocycles. The Labute approximate surface area is 160 Å². The molecule has 5 nitrogen and oxygen atoms in total. The van der Waals surface area contributed by atoms with Crippen LogP contribution in [0.25, 0.3) is 11.4 Å². The lowest BCUT2D eigenvalue weighted by Crippen LogP contribution is -2.32. The first kappa shape index (κ1) is 18.6.